The number of thioether (sulfide) groups is 1. The van der Waals surface area contributed by atoms with E-state index in [9.17, 15) is 9.59 Å². The van der Waals surface area contributed by atoms with Crippen molar-refractivity contribution in [1.82, 2.24) is 0 Å². The summed E-state index contributed by atoms with van der Waals surface area (Å²) in [5.74, 6) is -1.53. The van der Waals surface area contributed by atoms with Gasteiger partial charge in [0.25, 0.3) is 0 Å². The van der Waals surface area contributed by atoms with Crippen molar-refractivity contribution in [2.75, 3.05) is 11.6 Å². The summed E-state index contributed by atoms with van der Waals surface area (Å²) < 4.78 is 0. The molecule has 1 fully saturated rings. The fraction of sp³-hybridized carbons (Fsp3) is 0.333. The summed E-state index contributed by atoms with van der Waals surface area (Å²) in [7, 11) is 0. The third kappa shape index (κ3) is 2.33. The Kier molecular flexibility index (Phi) is 3.54. The van der Waals surface area contributed by atoms with Crippen LogP contribution in [0, 0.1) is 5.41 Å². The van der Waals surface area contributed by atoms with Crippen LogP contribution in [0.4, 0.5) is 5.69 Å². The second-order valence-corrected chi connectivity index (χ2v) is 5.45. The Morgan fingerprint density at radius 2 is 2.11 bits per heavy atom. The molecule has 0 saturated heterocycles. The Hall–Kier alpha value is -1.20. The summed E-state index contributed by atoms with van der Waals surface area (Å²) >= 11 is 7.52. The largest absolute Gasteiger partial charge is 0.480 e. The summed E-state index contributed by atoms with van der Waals surface area (Å²) in [5, 5.41) is 12.1. The van der Waals surface area contributed by atoms with Crippen LogP contribution < -0.4 is 5.32 Å². The lowest BCUT2D eigenvalue weighted by molar-refractivity contribution is -0.147. The fourth-order valence-corrected chi connectivity index (χ4v) is 2.53. The first-order valence-electron chi connectivity index (χ1n) is 5.38. The quantitative estimate of drug-likeness (QED) is 0.659. The second-order valence-electron chi connectivity index (χ2n) is 4.19. The lowest BCUT2D eigenvalue weighted by atomic mass is 10.1. The molecule has 6 heteroatoms. The van der Waals surface area contributed by atoms with Crippen molar-refractivity contribution < 1.29 is 14.7 Å². The van der Waals surface area contributed by atoms with Crippen LogP contribution in [0.15, 0.2) is 23.1 Å². The van der Waals surface area contributed by atoms with Gasteiger partial charge >= 0.3 is 5.97 Å². The van der Waals surface area contributed by atoms with Crippen molar-refractivity contribution in [1.29, 1.82) is 0 Å². The van der Waals surface area contributed by atoms with Crippen LogP contribution in [0.2, 0.25) is 5.02 Å². The molecule has 96 valence electrons. The second kappa shape index (κ2) is 4.82. The molecule has 1 aliphatic carbocycles. The number of anilines is 1. The molecule has 1 saturated carbocycles. The van der Waals surface area contributed by atoms with E-state index >= 15 is 0 Å². The van der Waals surface area contributed by atoms with E-state index in [1.54, 1.807) is 18.2 Å². The Labute approximate surface area is 114 Å². The van der Waals surface area contributed by atoms with Crippen LogP contribution in [-0.2, 0) is 9.59 Å². The smallest absolute Gasteiger partial charge is 0.319 e. The molecular formula is C12H12ClNO3S. The maximum atomic E-state index is 11.9. The fourth-order valence-electron chi connectivity index (χ4n) is 1.66. The number of hydrogen-bond acceptors (Lipinski definition) is 3. The first-order chi connectivity index (χ1) is 8.49. The van der Waals surface area contributed by atoms with Gasteiger partial charge in [0.15, 0.2) is 0 Å². The van der Waals surface area contributed by atoms with Gasteiger partial charge in [0.1, 0.15) is 5.41 Å². The van der Waals surface area contributed by atoms with Gasteiger partial charge in [-0.25, -0.2) is 0 Å². The molecule has 1 aliphatic rings. The molecule has 4 nitrogen and oxygen atoms in total. The van der Waals surface area contributed by atoms with Crippen molar-refractivity contribution in [3.05, 3.63) is 23.2 Å². The van der Waals surface area contributed by atoms with Gasteiger partial charge in [0.05, 0.1) is 5.02 Å². The summed E-state index contributed by atoms with van der Waals surface area (Å²) in [5.41, 5.74) is -0.708. The number of nitrogens with one attached hydrogen (secondary N) is 1. The molecule has 1 aromatic rings. The molecule has 0 spiro atoms. The first-order valence-corrected chi connectivity index (χ1v) is 6.98. The van der Waals surface area contributed by atoms with Gasteiger partial charge in [-0.3, -0.25) is 9.59 Å². The van der Waals surface area contributed by atoms with Gasteiger partial charge in [-0.05, 0) is 37.3 Å². The Morgan fingerprint density at radius 1 is 1.44 bits per heavy atom. The third-order valence-electron chi connectivity index (χ3n) is 3.00. The standard InChI is InChI=1S/C12H12ClNO3S/c1-18-9-3-2-7(6-8(9)13)14-10(15)12(4-5-12)11(16)17/h2-3,6H,4-5H2,1H3,(H,14,15)(H,16,17). The van der Waals surface area contributed by atoms with Crippen molar-refractivity contribution in [2.24, 2.45) is 5.41 Å². The van der Waals surface area contributed by atoms with E-state index < -0.39 is 17.3 Å². The Balaban J connectivity index is 2.13. The Morgan fingerprint density at radius 3 is 2.56 bits per heavy atom. The number of aliphatic carboxylic acids is 1. The molecule has 0 radical (unpaired) electrons. The lowest BCUT2D eigenvalue weighted by Crippen LogP contribution is -2.31. The molecular weight excluding hydrogens is 274 g/mol. The highest BCUT2D eigenvalue weighted by Crippen LogP contribution is 2.46. The molecule has 0 aliphatic heterocycles. The highest BCUT2D eigenvalue weighted by Gasteiger charge is 2.57. The van der Waals surface area contributed by atoms with E-state index in [4.69, 9.17) is 16.7 Å². The number of carbonyl (C=O) groups is 2. The van der Waals surface area contributed by atoms with Crippen molar-refractivity contribution in [2.45, 2.75) is 17.7 Å². The lowest BCUT2D eigenvalue weighted by Gasteiger charge is -2.11. The highest BCUT2D eigenvalue weighted by molar-refractivity contribution is 7.98. The molecule has 0 bridgehead atoms. The minimum absolute atomic E-state index is 0.394. The van der Waals surface area contributed by atoms with Crippen LogP contribution in [-0.4, -0.2) is 23.2 Å². The van der Waals surface area contributed by atoms with Crippen LogP contribution in [0.25, 0.3) is 0 Å². The predicted octanol–water partition coefficient (Wildman–Crippen LogP) is 2.87. The summed E-state index contributed by atoms with van der Waals surface area (Å²) in [6.45, 7) is 0. The van der Waals surface area contributed by atoms with Gasteiger partial charge in [0.2, 0.25) is 5.91 Å². The van der Waals surface area contributed by atoms with Crippen LogP contribution in [0.1, 0.15) is 12.8 Å². The zero-order valence-electron chi connectivity index (χ0n) is 9.70. The number of carbonyl (C=O) groups excluding carboxylic acids is 1. The summed E-state index contributed by atoms with van der Waals surface area (Å²) in [6.07, 6.45) is 2.69. The maximum Gasteiger partial charge on any atom is 0.319 e. The minimum Gasteiger partial charge on any atom is -0.480 e. The number of benzene rings is 1. The summed E-state index contributed by atoms with van der Waals surface area (Å²) in [4.78, 5) is 23.8. The van der Waals surface area contributed by atoms with Gasteiger partial charge < -0.3 is 10.4 Å². The van der Waals surface area contributed by atoms with Crippen LogP contribution >= 0.6 is 23.4 Å². The SMILES string of the molecule is CSc1ccc(NC(=O)C2(C(=O)O)CC2)cc1Cl. The van der Waals surface area contributed by atoms with Crippen molar-refractivity contribution in [3.63, 3.8) is 0 Å². The first kappa shape index (κ1) is 13.2. The van der Waals surface area contributed by atoms with E-state index in [-0.39, 0.29) is 0 Å². The molecule has 0 aromatic heterocycles. The molecule has 18 heavy (non-hydrogen) atoms. The molecule has 1 aromatic carbocycles. The normalized spacial score (nSPS) is 16.1. The molecule has 1 amide bonds. The zero-order valence-corrected chi connectivity index (χ0v) is 11.3. The zero-order chi connectivity index (χ0) is 13.3. The highest BCUT2D eigenvalue weighted by atomic mass is 35.5. The Bertz CT molecular complexity index is 514. The van der Waals surface area contributed by atoms with E-state index in [2.05, 4.69) is 5.32 Å². The topological polar surface area (TPSA) is 66.4 Å². The molecule has 0 heterocycles. The number of carboxylic acid groups (broad SMARTS) is 1. The molecule has 0 unspecified atom stereocenters. The van der Waals surface area contributed by atoms with E-state index in [0.29, 0.717) is 23.6 Å². The molecule has 0 atom stereocenters. The van der Waals surface area contributed by atoms with Gasteiger partial charge in [-0.15, -0.1) is 11.8 Å². The average molecular weight is 286 g/mol. The van der Waals surface area contributed by atoms with Crippen molar-refractivity contribution in [3.8, 4) is 0 Å². The number of rotatable bonds is 4. The van der Waals surface area contributed by atoms with E-state index in [1.807, 2.05) is 6.26 Å². The number of hydrogen-bond donors (Lipinski definition) is 2. The average Bonchev–Trinajstić information content (AvgIpc) is 3.10. The summed E-state index contributed by atoms with van der Waals surface area (Å²) in [6, 6.07) is 5.14. The third-order valence-corrected chi connectivity index (χ3v) is 4.22. The van der Waals surface area contributed by atoms with Crippen molar-refractivity contribution >= 4 is 40.9 Å². The number of carboxylic acids is 1. The minimum atomic E-state index is -1.23. The number of amides is 1. The van der Waals surface area contributed by atoms with Crippen LogP contribution in [0.5, 0.6) is 0 Å². The monoisotopic (exact) mass is 285 g/mol. The van der Waals surface area contributed by atoms with Gasteiger partial charge in [-0.1, -0.05) is 11.6 Å². The number of halogens is 1. The predicted molar refractivity (Wildman–Crippen MR) is 71.2 cm³/mol. The van der Waals surface area contributed by atoms with Gasteiger partial charge in [0, 0.05) is 10.6 Å². The maximum absolute atomic E-state index is 11.9. The molecule has 2 rings (SSSR count). The van der Waals surface area contributed by atoms with Gasteiger partial charge in [-0.2, -0.15) is 0 Å². The van der Waals surface area contributed by atoms with E-state index in [0.717, 1.165) is 4.90 Å². The molecule has 2 N–H and O–H groups in total. The van der Waals surface area contributed by atoms with E-state index in [1.165, 1.54) is 11.8 Å². The van der Waals surface area contributed by atoms with Crippen LogP contribution in [0.3, 0.4) is 0 Å².